The second-order valence-corrected chi connectivity index (χ2v) is 8.52. The number of aromatic nitrogens is 4. The summed E-state index contributed by atoms with van der Waals surface area (Å²) in [5.41, 5.74) is -1.19. The minimum atomic E-state index is -4.64. The first-order valence-corrected chi connectivity index (χ1v) is 10.9. The van der Waals surface area contributed by atoms with E-state index in [1.807, 2.05) is 5.10 Å². The van der Waals surface area contributed by atoms with Crippen LogP contribution < -0.4 is 10.9 Å². The third kappa shape index (κ3) is 4.71. The minimum Gasteiger partial charge on any atom is -0.381 e. The van der Waals surface area contributed by atoms with Crippen molar-refractivity contribution in [2.45, 2.75) is 12.7 Å². The van der Waals surface area contributed by atoms with Crippen LogP contribution in [0.3, 0.4) is 0 Å². The highest BCUT2D eigenvalue weighted by atomic mass is 19.4. The van der Waals surface area contributed by atoms with Gasteiger partial charge in [-0.2, -0.15) is 18.3 Å². The third-order valence-corrected chi connectivity index (χ3v) is 5.89. The number of ether oxygens (including phenoxy) is 1. The fraction of sp³-hybridized carbons (Fsp3) is 0.250. The van der Waals surface area contributed by atoms with E-state index in [2.05, 4.69) is 15.4 Å². The quantitative estimate of drug-likeness (QED) is 0.395. The van der Waals surface area contributed by atoms with Gasteiger partial charge < -0.3 is 14.6 Å². The lowest BCUT2D eigenvalue weighted by atomic mass is 10.1. The minimum absolute atomic E-state index is 0.00923. The van der Waals surface area contributed by atoms with E-state index in [9.17, 15) is 27.2 Å². The van der Waals surface area contributed by atoms with E-state index in [-0.39, 0.29) is 34.7 Å². The number of amides is 1. The van der Waals surface area contributed by atoms with Crippen LogP contribution in [0.4, 0.5) is 17.6 Å². The van der Waals surface area contributed by atoms with E-state index in [1.54, 1.807) is 6.07 Å². The van der Waals surface area contributed by atoms with Gasteiger partial charge in [0, 0.05) is 30.4 Å². The molecule has 3 aromatic heterocycles. The molecular formula is C24H19F4N5O3. The molecule has 0 unspecified atom stereocenters. The fourth-order valence-electron chi connectivity index (χ4n) is 3.96. The molecule has 1 fully saturated rings. The number of carbonyl (C=O) groups excluding carboxylic acids is 1. The number of nitrogens with one attached hydrogen (secondary N) is 2. The molecule has 0 aliphatic carbocycles. The Bertz CT molecular complexity index is 1510. The highest BCUT2D eigenvalue weighted by molar-refractivity contribution is 5.94. The monoisotopic (exact) mass is 501 g/mol. The molecule has 1 saturated heterocycles. The molecule has 36 heavy (non-hydrogen) atoms. The van der Waals surface area contributed by atoms with Crippen LogP contribution in [0.2, 0.25) is 0 Å². The zero-order valence-corrected chi connectivity index (χ0v) is 18.6. The molecule has 186 valence electrons. The molecule has 5 rings (SSSR count). The van der Waals surface area contributed by atoms with Crippen LogP contribution >= 0.6 is 0 Å². The summed E-state index contributed by atoms with van der Waals surface area (Å²) in [5, 5.41) is 8.70. The molecule has 2 N–H and O–H groups in total. The number of aromatic amines is 1. The number of pyridine rings is 2. The standard InChI is InChI=1S/C24H19F4N5O3/c25-17-4-13(3-16(5-17)22(34)30-7-14-11-36-12-14)10-33-2-1-15-6-20(29-8-18(15)23(33)35)19-9-31-32-21(19)24(26,27)28/h1-6,8-9,14H,7,10-12H2,(H,30,34)(H,31,32). The van der Waals surface area contributed by atoms with E-state index in [1.165, 1.54) is 35.2 Å². The zero-order chi connectivity index (χ0) is 25.4. The molecule has 1 aromatic carbocycles. The predicted octanol–water partition coefficient (Wildman–Crippen LogP) is 3.37. The largest absolute Gasteiger partial charge is 0.433 e. The van der Waals surface area contributed by atoms with Gasteiger partial charge in [-0.3, -0.25) is 19.7 Å². The Morgan fingerprint density at radius 1 is 1.19 bits per heavy atom. The van der Waals surface area contributed by atoms with E-state index < -0.39 is 29.2 Å². The normalized spacial score (nSPS) is 14.1. The van der Waals surface area contributed by atoms with Gasteiger partial charge in [-0.1, -0.05) is 0 Å². The molecule has 4 heterocycles. The molecule has 1 amide bonds. The zero-order valence-electron chi connectivity index (χ0n) is 18.6. The summed E-state index contributed by atoms with van der Waals surface area (Å²) in [6, 6.07) is 6.79. The summed E-state index contributed by atoms with van der Waals surface area (Å²) < 4.78 is 60.2. The number of H-pyrrole nitrogens is 1. The Morgan fingerprint density at radius 2 is 2.00 bits per heavy atom. The Morgan fingerprint density at radius 3 is 2.72 bits per heavy atom. The van der Waals surface area contributed by atoms with E-state index >= 15 is 0 Å². The number of hydrogen-bond acceptors (Lipinski definition) is 5. The van der Waals surface area contributed by atoms with Crippen LogP contribution in [0.15, 0.2) is 53.7 Å². The lowest BCUT2D eigenvalue weighted by molar-refractivity contribution is -0.140. The number of nitrogens with zero attached hydrogens (tertiary/aromatic N) is 3. The first-order chi connectivity index (χ1) is 17.2. The number of halogens is 4. The predicted molar refractivity (Wildman–Crippen MR) is 121 cm³/mol. The summed E-state index contributed by atoms with van der Waals surface area (Å²) in [7, 11) is 0. The van der Waals surface area contributed by atoms with Crippen LogP contribution in [0.5, 0.6) is 0 Å². The summed E-state index contributed by atoms with van der Waals surface area (Å²) in [4.78, 5) is 29.5. The van der Waals surface area contributed by atoms with Crippen molar-refractivity contribution >= 4 is 16.7 Å². The molecule has 12 heteroatoms. The summed E-state index contributed by atoms with van der Waals surface area (Å²) in [5.74, 6) is -0.811. The lowest BCUT2D eigenvalue weighted by Gasteiger charge is -2.25. The number of hydrogen-bond donors (Lipinski definition) is 2. The molecular weight excluding hydrogens is 482 g/mol. The maximum Gasteiger partial charge on any atom is 0.433 e. The number of fused-ring (bicyclic) bond motifs is 1. The van der Waals surface area contributed by atoms with Crippen molar-refractivity contribution < 1.29 is 27.1 Å². The number of rotatable bonds is 6. The molecule has 0 bridgehead atoms. The lowest BCUT2D eigenvalue weighted by Crippen LogP contribution is -2.39. The smallest absolute Gasteiger partial charge is 0.381 e. The summed E-state index contributed by atoms with van der Waals surface area (Å²) in [6.45, 7) is 1.54. The van der Waals surface area contributed by atoms with Gasteiger partial charge in [-0.15, -0.1) is 0 Å². The van der Waals surface area contributed by atoms with Crippen molar-refractivity contribution in [1.29, 1.82) is 0 Å². The maximum absolute atomic E-state index is 14.2. The fourth-order valence-corrected chi connectivity index (χ4v) is 3.96. The van der Waals surface area contributed by atoms with Crippen LogP contribution in [0.1, 0.15) is 21.6 Å². The van der Waals surface area contributed by atoms with Crippen LogP contribution in [0.25, 0.3) is 22.0 Å². The highest BCUT2D eigenvalue weighted by Gasteiger charge is 2.36. The van der Waals surface area contributed by atoms with Crippen molar-refractivity contribution in [3.05, 3.63) is 81.9 Å². The topological polar surface area (TPSA) is 102 Å². The number of alkyl halides is 3. The van der Waals surface area contributed by atoms with Crippen molar-refractivity contribution in [2.75, 3.05) is 19.8 Å². The highest BCUT2D eigenvalue weighted by Crippen LogP contribution is 2.35. The molecule has 0 radical (unpaired) electrons. The van der Waals surface area contributed by atoms with Crippen LogP contribution in [-0.2, 0) is 17.5 Å². The molecule has 0 saturated carbocycles. The summed E-state index contributed by atoms with van der Waals surface area (Å²) in [6.07, 6.45) is -0.963. The van der Waals surface area contributed by atoms with Crippen LogP contribution in [0, 0.1) is 11.7 Å². The molecule has 0 atom stereocenters. The van der Waals surface area contributed by atoms with Gasteiger partial charge in [-0.25, -0.2) is 4.39 Å². The molecule has 1 aliphatic heterocycles. The second-order valence-electron chi connectivity index (χ2n) is 8.52. The van der Waals surface area contributed by atoms with Gasteiger partial charge in [0.05, 0.1) is 42.6 Å². The Hall–Kier alpha value is -4.06. The van der Waals surface area contributed by atoms with Crippen LogP contribution in [-0.4, -0.2) is 45.4 Å². The van der Waals surface area contributed by atoms with Crippen molar-refractivity contribution in [1.82, 2.24) is 25.1 Å². The van der Waals surface area contributed by atoms with Crippen molar-refractivity contribution in [3.8, 4) is 11.3 Å². The Kier molecular flexibility index (Phi) is 6.04. The van der Waals surface area contributed by atoms with Crippen molar-refractivity contribution in [3.63, 3.8) is 0 Å². The molecule has 8 nitrogen and oxygen atoms in total. The Labute approximate surface area is 200 Å². The van der Waals surface area contributed by atoms with Gasteiger partial charge in [0.25, 0.3) is 11.5 Å². The molecule has 4 aromatic rings. The first-order valence-electron chi connectivity index (χ1n) is 10.9. The molecule has 1 aliphatic rings. The first kappa shape index (κ1) is 23.7. The average molecular weight is 501 g/mol. The third-order valence-electron chi connectivity index (χ3n) is 5.89. The average Bonchev–Trinajstić information content (AvgIpc) is 3.30. The van der Waals surface area contributed by atoms with Gasteiger partial charge >= 0.3 is 6.18 Å². The van der Waals surface area contributed by atoms with Gasteiger partial charge in [0.15, 0.2) is 0 Å². The van der Waals surface area contributed by atoms with E-state index in [0.29, 0.717) is 30.7 Å². The Balaban J connectivity index is 1.40. The SMILES string of the molecule is O=C(NCC1COC1)c1cc(F)cc(Cn2ccc3cc(-c4cn[nH]c4C(F)(F)F)ncc3c2=O)c1. The summed E-state index contributed by atoms with van der Waals surface area (Å²) >= 11 is 0. The molecule has 0 spiro atoms. The van der Waals surface area contributed by atoms with Gasteiger partial charge in [0.1, 0.15) is 11.5 Å². The second kappa shape index (κ2) is 9.19. The van der Waals surface area contributed by atoms with Gasteiger partial charge in [-0.05, 0) is 41.3 Å². The van der Waals surface area contributed by atoms with Gasteiger partial charge in [0.2, 0.25) is 0 Å². The number of carbonyl (C=O) groups is 1. The van der Waals surface area contributed by atoms with Crippen molar-refractivity contribution in [2.24, 2.45) is 5.92 Å². The van der Waals surface area contributed by atoms with E-state index in [0.717, 1.165) is 12.3 Å². The maximum atomic E-state index is 14.2. The van der Waals surface area contributed by atoms with E-state index in [4.69, 9.17) is 4.74 Å². The number of benzene rings is 1.